The molecule has 0 spiro atoms. The number of benzene rings is 1. The molecule has 0 unspecified atom stereocenters. The van der Waals surface area contributed by atoms with Gasteiger partial charge >= 0.3 is 0 Å². The van der Waals surface area contributed by atoms with Crippen LogP contribution in [0.3, 0.4) is 0 Å². The number of hydrogen-bond acceptors (Lipinski definition) is 6. The van der Waals surface area contributed by atoms with Gasteiger partial charge in [-0.3, -0.25) is 18.8 Å². The number of aryl methyl sites for hydroxylation is 3. The average Bonchev–Trinajstić information content (AvgIpc) is 3.26. The van der Waals surface area contributed by atoms with Crippen molar-refractivity contribution in [3.05, 3.63) is 45.8 Å². The summed E-state index contributed by atoms with van der Waals surface area (Å²) in [5.74, 6) is 0.969. The van der Waals surface area contributed by atoms with E-state index in [4.69, 9.17) is 9.47 Å². The van der Waals surface area contributed by atoms with Gasteiger partial charge in [-0.2, -0.15) is 5.10 Å². The predicted octanol–water partition coefficient (Wildman–Crippen LogP) is 1.95. The summed E-state index contributed by atoms with van der Waals surface area (Å²) in [7, 11) is 4.99. The number of amides is 1. The molecule has 2 N–H and O–H groups in total. The molecule has 4 aromatic rings. The molecule has 10 heteroatoms. The number of aromatic nitrogens is 5. The second-order valence-corrected chi connectivity index (χ2v) is 7.64. The van der Waals surface area contributed by atoms with Crippen molar-refractivity contribution in [2.75, 3.05) is 14.2 Å². The number of aromatic amines is 1. The summed E-state index contributed by atoms with van der Waals surface area (Å²) < 4.78 is 13.9. The van der Waals surface area contributed by atoms with E-state index in [0.29, 0.717) is 29.1 Å². The first-order valence-corrected chi connectivity index (χ1v) is 10.2. The summed E-state index contributed by atoms with van der Waals surface area (Å²) in [4.78, 5) is 32.9. The lowest BCUT2D eigenvalue weighted by Crippen LogP contribution is -2.27. The highest BCUT2D eigenvalue weighted by Crippen LogP contribution is 2.34. The zero-order valence-electron chi connectivity index (χ0n) is 18.8. The highest BCUT2D eigenvalue weighted by molar-refractivity contribution is 6.05. The number of hydrogen-bond donors (Lipinski definition) is 2. The summed E-state index contributed by atoms with van der Waals surface area (Å²) in [6.45, 7) is 4.51. The van der Waals surface area contributed by atoms with Crippen LogP contribution in [0.1, 0.15) is 23.4 Å². The smallest absolute Gasteiger partial charge is 0.277 e. The third-order valence-electron chi connectivity index (χ3n) is 5.78. The first-order chi connectivity index (χ1) is 15.3. The van der Waals surface area contributed by atoms with Crippen molar-refractivity contribution < 1.29 is 14.3 Å². The molecule has 3 aromatic heterocycles. The van der Waals surface area contributed by atoms with E-state index in [2.05, 4.69) is 20.4 Å². The van der Waals surface area contributed by atoms with E-state index in [9.17, 15) is 9.59 Å². The zero-order chi connectivity index (χ0) is 23.0. The van der Waals surface area contributed by atoms with E-state index < -0.39 is 0 Å². The van der Waals surface area contributed by atoms with E-state index in [1.54, 1.807) is 31.0 Å². The van der Waals surface area contributed by atoms with Crippen LogP contribution in [0.5, 0.6) is 11.5 Å². The maximum atomic E-state index is 13.0. The lowest BCUT2D eigenvalue weighted by atomic mass is 10.2. The quantitative estimate of drug-likeness (QED) is 0.456. The number of fused-ring (bicyclic) bond motifs is 3. The van der Waals surface area contributed by atoms with Crippen LogP contribution < -0.4 is 20.3 Å². The number of nitrogens with one attached hydrogen (secondary N) is 2. The van der Waals surface area contributed by atoms with Gasteiger partial charge in [0, 0.05) is 49.3 Å². The third kappa shape index (κ3) is 3.68. The van der Waals surface area contributed by atoms with Crippen molar-refractivity contribution in [2.24, 2.45) is 7.05 Å². The molecular formula is C22H26N6O4. The fourth-order valence-corrected chi connectivity index (χ4v) is 3.85. The van der Waals surface area contributed by atoms with Gasteiger partial charge in [-0.05, 0) is 19.9 Å². The zero-order valence-corrected chi connectivity index (χ0v) is 18.8. The Balaban J connectivity index is 1.52. The number of H-pyrrole nitrogens is 1. The number of nitrogens with zero attached hydrogens (tertiary/aromatic N) is 4. The predicted molar refractivity (Wildman–Crippen MR) is 120 cm³/mol. The fraction of sp³-hybridized carbons (Fsp3) is 0.364. The molecule has 168 valence electrons. The lowest BCUT2D eigenvalue weighted by Gasteiger charge is -2.08. The Bertz CT molecular complexity index is 1380. The molecule has 0 bridgehead atoms. The second-order valence-electron chi connectivity index (χ2n) is 7.64. The Hall–Kier alpha value is -3.82. The van der Waals surface area contributed by atoms with Crippen LogP contribution in [0.15, 0.2) is 23.3 Å². The van der Waals surface area contributed by atoms with Crippen LogP contribution >= 0.6 is 0 Å². The van der Waals surface area contributed by atoms with Crippen molar-refractivity contribution in [3.63, 3.8) is 0 Å². The molecule has 0 fully saturated rings. The molecular weight excluding hydrogens is 412 g/mol. The minimum absolute atomic E-state index is 0.147. The van der Waals surface area contributed by atoms with Gasteiger partial charge < -0.3 is 19.8 Å². The first kappa shape index (κ1) is 21.4. The normalized spacial score (nSPS) is 11.3. The highest BCUT2D eigenvalue weighted by Gasteiger charge is 2.16. The minimum Gasteiger partial charge on any atom is -0.493 e. The van der Waals surface area contributed by atoms with Crippen molar-refractivity contribution >= 4 is 27.8 Å². The first-order valence-electron chi connectivity index (χ1n) is 10.2. The van der Waals surface area contributed by atoms with Crippen LogP contribution in [0.4, 0.5) is 0 Å². The molecule has 4 rings (SSSR count). The minimum atomic E-state index is -0.240. The van der Waals surface area contributed by atoms with Gasteiger partial charge in [0.1, 0.15) is 11.0 Å². The van der Waals surface area contributed by atoms with Gasteiger partial charge in [0.05, 0.1) is 31.8 Å². The van der Waals surface area contributed by atoms with Gasteiger partial charge in [0.15, 0.2) is 11.5 Å². The molecule has 0 aliphatic heterocycles. The lowest BCUT2D eigenvalue weighted by molar-refractivity contribution is -0.121. The SMILES string of the molecule is COc1cc2[nH]c3c(=O)n(CCC(=O)NCc4c(C)nn(C)c4C)cnc3c2cc1OC. The van der Waals surface area contributed by atoms with Crippen LogP contribution in [0, 0.1) is 13.8 Å². The third-order valence-corrected chi connectivity index (χ3v) is 5.78. The number of carbonyl (C=O) groups excluding carboxylic acids is 1. The van der Waals surface area contributed by atoms with Crippen LogP contribution in [-0.4, -0.2) is 44.4 Å². The molecule has 0 aliphatic rings. The Morgan fingerprint density at radius 2 is 1.91 bits per heavy atom. The van der Waals surface area contributed by atoms with Gasteiger partial charge in [-0.1, -0.05) is 0 Å². The van der Waals surface area contributed by atoms with Crippen LogP contribution in [0.2, 0.25) is 0 Å². The standard InChI is InChI=1S/C22H26N6O4/c1-12-15(13(2)27(3)26-12)10-23-19(29)6-7-28-11-24-20-14-8-17(31-4)18(32-5)9-16(14)25-21(20)22(28)30/h8-9,11,25H,6-7,10H2,1-5H3,(H,23,29). The van der Waals surface area contributed by atoms with E-state index >= 15 is 0 Å². The molecule has 10 nitrogen and oxygen atoms in total. The Kier molecular flexibility index (Phi) is 5.60. The van der Waals surface area contributed by atoms with Crippen molar-refractivity contribution in [1.82, 2.24) is 29.6 Å². The van der Waals surface area contributed by atoms with E-state index in [-0.39, 0.29) is 24.4 Å². The Morgan fingerprint density at radius 1 is 1.19 bits per heavy atom. The van der Waals surface area contributed by atoms with Gasteiger partial charge in [-0.25, -0.2) is 4.98 Å². The number of rotatable bonds is 7. The maximum absolute atomic E-state index is 13.0. The molecule has 3 heterocycles. The molecule has 0 atom stereocenters. The molecule has 0 saturated heterocycles. The topological polar surface area (TPSA) is 116 Å². The van der Waals surface area contributed by atoms with E-state index in [0.717, 1.165) is 27.9 Å². The molecule has 1 aromatic carbocycles. The fourth-order valence-electron chi connectivity index (χ4n) is 3.85. The monoisotopic (exact) mass is 438 g/mol. The molecule has 1 amide bonds. The highest BCUT2D eigenvalue weighted by atomic mass is 16.5. The number of carbonyl (C=O) groups is 1. The van der Waals surface area contributed by atoms with Crippen LogP contribution in [-0.2, 0) is 24.9 Å². The maximum Gasteiger partial charge on any atom is 0.277 e. The van der Waals surface area contributed by atoms with Crippen molar-refractivity contribution in [1.29, 1.82) is 0 Å². The molecule has 0 saturated carbocycles. The summed E-state index contributed by atoms with van der Waals surface area (Å²) in [5.41, 5.74) is 4.32. The largest absolute Gasteiger partial charge is 0.493 e. The Labute approximate surface area is 184 Å². The van der Waals surface area contributed by atoms with Gasteiger partial charge in [-0.15, -0.1) is 0 Å². The average molecular weight is 438 g/mol. The molecule has 32 heavy (non-hydrogen) atoms. The summed E-state index contributed by atoms with van der Waals surface area (Å²) in [5, 5.41) is 8.02. The van der Waals surface area contributed by atoms with Gasteiger partial charge in [0.25, 0.3) is 5.56 Å². The number of ether oxygens (including phenoxy) is 2. The summed E-state index contributed by atoms with van der Waals surface area (Å²) in [6.07, 6.45) is 1.63. The van der Waals surface area contributed by atoms with Crippen LogP contribution in [0.25, 0.3) is 21.9 Å². The molecule has 0 aliphatic carbocycles. The van der Waals surface area contributed by atoms with Crippen molar-refractivity contribution in [3.8, 4) is 11.5 Å². The molecule has 0 radical (unpaired) electrons. The number of methoxy groups -OCH3 is 2. The summed E-state index contributed by atoms with van der Waals surface area (Å²) in [6, 6.07) is 3.56. The Morgan fingerprint density at radius 3 is 2.56 bits per heavy atom. The summed E-state index contributed by atoms with van der Waals surface area (Å²) >= 11 is 0. The van der Waals surface area contributed by atoms with Gasteiger partial charge in [0.2, 0.25) is 5.91 Å². The van der Waals surface area contributed by atoms with Crippen molar-refractivity contribution in [2.45, 2.75) is 33.4 Å². The van der Waals surface area contributed by atoms with E-state index in [1.165, 1.54) is 10.9 Å². The second kappa shape index (κ2) is 8.37. The van der Waals surface area contributed by atoms with E-state index in [1.807, 2.05) is 20.9 Å².